The lowest BCUT2D eigenvalue weighted by atomic mass is 10.2. The zero-order chi connectivity index (χ0) is 15.1. The van der Waals surface area contributed by atoms with Crippen molar-refractivity contribution < 1.29 is 9.76 Å². The average molecular weight is 302 g/mol. The van der Waals surface area contributed by atoms with E-state index in [0.29, 0.717) is 0 Å². The third kappa shape index (κ3) is 4.61. The molecule has 0 atom stereocenters. The van der Waals surface area contributed by atoms with Crippen molar-refractivity contribution in [2.45, 2.75) is 11.5 Å². The number of rotatable bonds is 6. The molecule has 0 saturated heterocycles. The van der Waals surface area contributed by atoms with Gasteiger partial charge in [-0.25, -0.2) is 0 Å². The molecule has 0 unspecified atom stereocenters. The van der Waals surface area contributed by atoms with E-state index in [0.717, 1.165) is 11.1 Å². The molecule has 2 aromatic rings. The summed E-state index contributed by atoms with van der Waals surface area (Å²) in [6.07, 6.45) is 3.66. The molecule has 0 aliphatic rings. The van der Waals surface area contributed by atoms with Gasteiger partial charge in [0.25, 0.3) is 5.69 Å². The number of benzene rings is 2. The Balaban J connectivity index is 1.85. The topological polar surface area (TPSA) is 64.7 Å². The second kappa shape index (κ2) is 7.44. The van der Waals surface area contributed by atoms with Crippen molar-refractivity contribution >= 4 is 23.7 Å². The number of nitrogens with zero attached hydrogens (tertiary/aromatic N) is 2. The van der Waals surface area contributed by atoms with Crippen LogP contribution in [-0.4, -0.2) is 17.4 Å². The van der Waals surface area contributed by atoms with Crippen LogP contribution in [0, 0.1) is 10.1 Å². The number of nitro benzene ring substituents is 1. The molecule has 0 amide bonds. The van der Waals surface area contributed by atoms with Gasteiger partial charge in [0, 0.05) is 17.0 Å². The smallest absolute Gasteiger partial charge is 0.269 e. The lowest BCUT2D eigenvalue weighted by Gasteiger charge is -2.00. The Morgan fingerprint density at radius 1 is 1.19 bits per heavy atom. The lowest BCUT2D eigenvalue weighted by Crippen LogP contribution is -1.91. The number of hydrogen-bond acceptors (Lipinski definition) is 5. The van der Waals surface area contributed by atoms with E-state index in [9.17, 15) is 10.1 Å². The summed E-state index contributed by atoms with van der Waals surface area (Å²) in [6, 6.07) is 14.2. The van der Waals surface area contributed by atoms with Crippen molar-refractivity contribution in [3.05, 3.63) is 69.8 Å². The average Bonchev–Trinajstić information content (AvgIpc) is 2.52. The molecule has 0 fully saturated rings. The summed E-state index contributed by atoms with van der Waals surface area (Å²) in [5, 5.41) is 14.4. The second-order valence-corrected chi connectivity index (χ2v) is 5.08. The van der Waals surface area contributed by atoms with Crippen LogP contribution in [0.5, 0.6) is 0 Å². The first-order chi connectivity index (χ1) is 10.2. The first-order valence-electron chi connectivity index (χ1n) is 6.22. The first kappa shape index (κ1) is 15.1. The zero-order valence-corrected chi connectivity index (χ0v) is 12.2. The van der Waals surface area contributed by atoms with E-state index in [-0.39, 0.29) is 12.3 Å². The van der Waals surface area contributed by atoms with Crippen LogP contribution in [0.25, 0.3) is 0 Å². The Kier molecular flexibility index (Phi) is 5.34. The molecule has 6 heteroatoms. The number of thioether (sulfide) groups is 1. The molecular formula is C15H14N2O3S. The second-order valence-electron chi connectivity index (χ2n) is 4.20. The van der Waals surface area contributed by atoms with Gasteiger partial charge < -0.3 is 4.84 Å². The third-order valence-electron chi connectivity index (χ3n) is 2.77. The van der Waals surface area contributed by atoms with Crippen LogP contribution in [0.2, 0.25) is 0 Å². The molecule has 21 heavy (non-hydrogen) atoms. The molecule has 0 saturated carbocycles. The van der Waals surface area contributed by atoms with Crippen LogP contribution in [-0.2, 0) is 11.4 Å². The molecule has 0 N–H and O–H groups in total. The number of nitro groups is 1. The van der Waals surface area contributed by atoms with Crippen molar-refractivity contribution in [1.29, 1.82) is 0 Å². The Bertz CT molecular complexity index is 624. The van der Waals surface area contributed by atoms with E-state index in [1.165, 1.54) is 17.0 Å². The summed E-state index contributed by atoms with van der Waals surface area (Å²) in [5.41, 5.74) is 1.85. The molecule has 2 rings (SSSR count). The highest BCUT2D eigenvalue weighted by Crippen LogP contribution is 2.14. The van der Waals surface area contributed by atoms with E-state index in [1.54, 1.807) is 30.1 Å². The fourth-order valence-electron chi connectivity index (χ4n) is 1.61. The summed E-state index contributed by atoms with van der Waals surface area (Å²) in [4.78, 5) is 16.5. The molecular weight excluding hydrogens is 288 g/mol. The summed E-state index contributed by atoms with van der Waals surface area (Å²) in [6.45, 7) is 0.275. The van der Waals surface area contributed by atoms with Crippen molar-refractivity contribution in [2.24, 2.45) is 5.16 Å². The molecule has 2 aromatic carbocycles. The van der Waals surface area contributed by atoms with E-state index in [2.05, 4.69) is 5.16 Å². The number of oxime groups is 1. The number of hydrogen-bond donors (Lipinski definition) is 0. The van der Waals surface area contributed by atoms with Gasteiger partial charge in [-0.2, -0.15) is 0 Å². The van der Waals surface area contributed by atoms with Crippen molar-refractivity contribution in [2.75, 3.05) is 6.26 Å². The molecule has 108 valence electrons. The third-order valence-corrected chi connectivity index (χ3v) is 3.51. The van der Waals surface area contributed by atoms with E-state index < -0.39 is 4.92 Å². The zero-order valence-electron chi connectivity index (χ0n) is 11.4. The van der Waals surface area contributed by atoms with Crippen molar-refractivity contribution in [3.8, 4) is 0 Å². The minimum absolute atomic E-state index is 0.0659. The summed E-state index contributed by atoms with van der Waals surface area (Å²) in [5.74, 6) is 0. The van der Waals surface area contributed by atoms with Crippen LogP contribution in [0.1, 0.15) is 11.1 Å². The van der Waals surface area contributed by atoms with Crippen molar-refractivity contribution in [3.63, 3.8) is 0 Å². The van der Waals surface area contributed by atoms with Gasteiger partial charge in [0.15, 0.2) is 0 Å². The maximum absolute atomic E-state index is 10.5. The van der Waals surface area contributed by atoms with Gasteiger partial charge in [-0.15, -0.1) is 11.8 Å². The van der Waals surface area contributed by atoms with Gasteiger partial charge in [-0.05, 0) is 41.6 Å². The van der Waals surface area contributed by atoms with Gasteiger partial charge >= 0.3 is 0 Å². The fraction of sp³-hybridized carbons (Fsp3) is 0.133. The predicted molar refractivity (Wildman–Crippen MR) is 83.7 cm³/mol. The minimum Gasteiger partial charge on any atom is -0.391 e. The first-order valence-corrected chi connectivity index (χ1v) is 7.44. The van der Waals surface area contributed by atoms with Gasteiger partial charge in [0.2, 0.25) is 0 Å². The lowest BCUT2D eigenvalue weighted by molar-refractivity contribution is -0.384. The van der Waals surface area contributed by atoms with Crippen LogP contribution >= 0.6 is 11.8 Å². The van der Waals surface area contributed by atoms with Crippen LogP contribution < -0.4 is 0 Å². The molecule has 5 nitrogen and oxygen atoms in total. The minimum atomic E-state index is -0.430. The fourth-order valence-corrected chi connectivity index (χ4v) is 2.02. The summed E-state index contributed by atoms with van der Waals surface area (Å²) < 4.78 is 0. The Morgan fingerprint density at radius 2 is 1.86 bits per heavy atom. The highest BCUT2D eigenvalue weighted by atomic mass is 32.2. The Labute approximate surface area is 126 Å². The molecule has 0 aliphatic heterocycles. The van der Waals surface area contributed by atoms with Crippen LogP contribution in [0.15, 0.2) is 58.6 Å². The summed E-state index contributed by atoms with van der Waals surface area (Å²) in [7, 11) is 0. The van der Waals surface area contributed by atoms with Gasteiger partial charge in [-0.3, -0.25) is 10.1 Å². The van der Waals surface area contributed by atoms with Gasteiger partial charge in [0.1, 0.15) is 6.61 Å². The Hall–Kier alpha value is -2.34. The maximum Gasteiger partial charge on any atom is 0.269 e. The molecule has 0 bridgehead atoms. The van der Waals surface area contributed by atoms with Crippen LogP contribution in [0.3, 0.4) is 0 Å². The van der Waals surface area contributed by atoms with Crippen molar-refractivity contribution in [1.82, 2.24) is 0 Å². The van der Waals surface area contributed by atoms with E-state index in [4.69, 9.17) is 4.84 Å². The van der Waals surface area contributed by atoms with Crippen LogP contribution in [0.4, 0.5) is 5.69 Å². The standard InChI is InChI=1S/C15H14N2O3S/c1-21-15-8-4-12(5-9-15)10-16-20-11-13-2-6-14(7-3-13)17(18)19/h2-10H,11H2,1H3/b16-10+. The molecule has 0 aliphatic carbocycles. The SMILES string of the molecule is CSc1ccc(/C=N/OCc2ccc([N+](=O)[O-])cc2)cc1. The quantitative estimate of drug-likeness (QED) is 0.352. The highest BCUT2D eigenvalue weighted by molar-refractivity contribution is 7.98. The normalized spacial score (nSPS) is 10.7. The number of non-ortho nitro benzene ring substituents is 1. The Morgan fingerprint density at radius 3 is 2.43 bits per heavy atom. The predicted octanol–water partition coefficient (Wildman–Crippen LogP) is 3.87. The molecule has 0 aromatic heterocycles. The van der Waals surface area contributed by atoms with Gasteiger partial charge in [0.05, 0.1) is 11.1 Å². The summed E-state index contributed by atoms with van der Waals surface area (Å²) >= 11 is 1.68. The monoisotopic (exact) mass is 302 g/mol. The van der Waals surface area contributed by atoms with E-state index >= 15 is 0 Å². The van der Waals surface area contributed by atoms with Gasteiger partial charge in [-0.1, -0.05) is 17.3 Å². The van der Waals surface area contributed by atoms with E-state index in [1.807, 2.05) is 30.5 Å². The largest absolute Gasteiger partial charge is 0.391 e. The molecule has 0 spiro atoms. The molecule has 0 radical (unpaired) electrons. The maximum atomic E-state index is 10.5. The highest BCUT2D eigenvalue weighted by Gasteiger charge is 2.03. The molecule has 0 heterocycles.